The molecule has 0 aromatic rings. The largest absolute Gasteiger partial charge is 0.176 e. The summed E-state index contributed by atoms with van der Waals surface area (Å²) in [5, 5.41) is 0.593. The molecule has 1 fully saturated rings. The van der Waals surface area contributed by atoms with Crippen molar-refractivity contribution in [2.24, 2.45) is 11.8 Å². The van der Waals surface area contributed by atoms with Crippen LogP contribution < -0.4 is 0 Å². The predicted octanol–water partition coefficient (Wildman–Crippen LogP) is 3.43. The van der Waals surface area contributed by atoms with Gasteiger partial charge in [0.25, 0.3) is 0 Å². The Hall–Kier alpha value is 0.700. The summed E-state index contributed by atoms with van der Waals surface area (Å²) < 4.78 is 0.182. The summed E-state index contributed by atoms with van der Waals surface area (Å²) in [7, 11) is 0. The molecule has 3 unspecified atom stereocenters. The Kier molecular flexibility index (Phi) is 3.44. The highest BCUT2D eigenvalue weighted by Crippen LogP contribution is 2.40. The molecule has 0 saturated heterocycles. The van der Waals surface area contributed by atoms with Gasteiger partial charge >= 0.3 is 0 Å². The van der Waals surface area contributed by atoms with E-state index in [0.717, 1.165) is 11.8 Å². The average molecular weight is 204 g/mol. The number of thiol groups is 2. The molecule has 1 rings (SSSR count). The maximum Gasteiger partial charge on any atom is 0.0102 e. The van der Waals surface area contributed by atoms with Gasteiger partial charge in [0, 0.05) is 10.00 Å². The van der Waals surface area contributed by atoms with Crippen LogP contribution in [-0.2, 0) is 0 Å². The molecule has 0 bridgehead atoms. The van der Waals surface area contributed by atoms with E-state index in [0.29, 0.717) is 5.25 Å². The lowest BCUT2D eigenvalue weighted by atomic mass is 9.77. The molecule has 2 heteroatoms. The summed E-state index contributed by atoms with van der Waals surface area (Å²) >= 11 is 9.25. The van der Waals surface area contributed by atoms with Crippen molar-refractivity contribution in [2.75, 3.05) is 0 Å². The van der Waals surface area contributed by atoms with Crippen LogP contribution in [0.25, 0.3) is 0 Å². The van der Waals surface area contributed by atoms with Crippen molar-refractivity contribution in [1.82, 2.24) is 0 Å². The Morgan fingerprint density at radius 1 is 1.25 bits per heavy atom. The lowest BCUT2D eigenvalue weighted by molar-refractivity contribution is 0.263. The van der Waals surface area contributed by atoms with Crippen LogP contribution in [0.5, 0.6) is 0 Å². The summed E-state index contributed by atoms with van der Waals surface area (Å²) in [5.41, 5.74) is 0. The van der Waals surface area contributed by atoms with E-state index in [9.17, 15) is 0 Å². The van der Waals surface area contributed by atoms with Gasteiger partial charge in [0.15, 0.2) is 0 Å². The highest BCUT2D eigenvalue weighted by atomic mass is 32.1. The molecule has 0 aromatic carbocycles. The van der Waals surface area contributed by atoms with E-state index < -0.39 is 0 Å². The van der Waals surface area contributed by atoms with Crippen molar-refractivity contribution in [3.8, 4) is 0 Å². The molecule has 3 atom stereocenters. The second-order valence-corrected chi connectivity index (χ2v) is 6.52. The van der Waals surface area contributed by atoms with Crippen LogP contribution in [0.2, 0.25) is 0 Å². The van der Waals surface area contributed by atoms with Crippen LogP contribution >= 0.6 is 25.3 Å². The predicted molar refractivity (Wildman–Crippen MR) is 62.3 cm³/mol. The van der Waals surface area contributed by atoms with Crippen molar-refractivity contribution < 1.29 is 0 Å². The highest BCUT2D eigenvalue weighted by molar-refractivity contribution is 7.81. The monoisotopic (exact) mass is 204 g/mol. The summed E-state index contributed by atoms with van der Waals surface area (Å²) in [6.45, 7) is 6.74. The SMILES string of the molecule is CC1CCC(C(C)(C)S)CC1S. The van der Waals surface area contributed by atoms with Crippen molar-refractivity contribution >= 4 is 25.3 Å². The quantitative estimate of drug-likeness (QED) is 0.601. The minimum absolute atomic E-state index is 0.182. The summed E-state index contributed by atoms with van der Waals surface area (Å²) in [5.74, 6) is 1.54. The number of hydrogen-bond donors (Lipinski definition) is 2. The Balaban J connectivity index is 2.51. The zero-order valence-electron chi connectivity index (χ0n) is 8.25. The Morgan fingerprint density at radius 2 is 1.83 bits per heavy atom. The van der Waals surface area contributed by atoms with E-state index in [2.05, 4.69) is 46.0 Å². The second-order valence-electron chi connectivity index (χ2n) is 4.71. The van der Waals surface area contributed by atoms with E-state index in [-0.39, 0.29) is 4.75 Å². The van der Waals surface area contributed by atoms with Gasteiger partial charge in [0.2, 0.25) is 0 Å². The van der Waals surface area contributed by atoms with Gasteiger partial charge in [-0.3, -0.25) is 0 Å². The van der Waals surface area contributed by atoms with Crippen molar-refractivity contribution in [2.45, 2.75) is 50.0 Å². The molecular formula is C10H20S2. The molecule has 1 aliphatic rings. The lowest BCUT2D eigenvalue weighted by Crippen LogP contribution is -2.33. The fraction of sp³-hybridized carbons (Fsp3) is 1.00. The molecule has 0 spiro atoms. The minimum atomic E-state index is 0.182. The minimum Gasteiger partial charge on any atom is -0.176 e. The van der Waals surface area contributed by atoms with Crippen LogP contribution in [-0.4, -0.2) is 10.00 Å². The summed E-state index contributed by atoms with van der Waals surface area (Å²) in [6, 6.07) is 0. The van der Waals surface area contributed by atoms with Crippen LogP contribution in [0.4, 0.5) is 0 Å². The van der Waals surface area contributed by atoms with E-state index in [1.165, 1.54) is 19.3 Å². The first-order valence-electron chi connectivity index (χ1n) is 4.81. The lowest BCUT2D eigenvalue weighted by Gasteiger charge is -2.38. The molecule has 0 nitrogen and oxygen atoms in total. The first-order chi connectivity index (χ1) is 5.41. The van der Waals surface area contributed by atoms with E-state index in [4.69, 9.17) is 0 Å². The molecule has 0 aliphatic heterocycles. The third-order valence-corrected chi connectivity index (χ3v) is 4.24. The smallest absolute Gasteiger partial charge is 0.0102 e. The topological polar surface area (TPSA) is 0 Å². The van der Waals surface area contributed by atoms with Crippen LogP contribution in [0.1, 0.15) is 40.0 Å². The molecule has 0 radical (unpaired) electrons. The highest BCUT2D eigenvalue weighted by Gasteiger charge is 2.32. The van der Waals surface area contributed by atoms with Gasteiger partial charge in [-0.15, -0.1) is 0 Å². The van der Waals surface area contributed by atoms with Crippen molar-refractivity contribution in [3.63, 3.8) is 0 Å². The molecular weight excluding hydrogens is 184 g/mol. The standard InChI is InChI=1S/C10H20S2/c1-7-4-5-8(6-9(7)11)10(2,3)12/h7-9,11-12H,4-6H2,1-3H3. The first-order valence-corrected chi connectivity index (χ1v) is 5.78. The van der Waals surface area contributed by atoms with Crippen LogP contribution in [0, 0.1) is 11.8 Å². The molecule has 12 heavy (non-hydrogen) atoms. The second kappa shape index (κ2) is 3.83. The van der Waals surface area contributed by atoms with Crippen molar-refractivity contribution in [1.29, 1.82) is 0 Å². The zero-order chi connectivity index (χ0) is 9.35. The zero-order valence-corrected chi connectivity index (χ0v) is 10.0. The van der Waals surface area contributed by atoms with Gasteiger partial charge in [-0.2, -0.15) is 25.3 Å². The van der Waals surface area contributed by atoms with Crippen LogP contribution in [0.15, 0.2) is 0 Å². The van der Waals surface area contributed by atoms with Crippen LogP contribution in [0.3, 0.4) is 0 Å². The first kappa shape index (κ1) is 10.8. The summed E-state index contributed by atoms with van der Waals surface area (Å²) in [6.07, 6.45) is 3.89. The fourth-order valence-corrected chi connectivity index (χ4v) is 2.58. The Bertz CT molecular complexity index is 148. The van der Waals surface area contributed by atoms with Gasteiger partial charge in [-0.25, -0.2) is 0 Å². The van der Waals surface area contributed by atoms with Gasteiger partial charge in [-0.05, 0) is 31.1 Å². The maximum absolute atomic E-state index is 4.63. The Morgan fingerprint density at radius 3 is 2.25 bits per heavy atom. The molecule has 0 heterocycles. The molecule has 1 saturated carbocycles. The van der Waals surface area contributed by atoms with E-state index in [1.807, 2.05) is 0 Å². The molecule has 0 N–H and O–H groups in total. The van der Waals surface area contributed by atoms with E-state index in [1.54, 1.807) is 0 Å². The van der Waals surface area contributed by atoms with Gasteiger partial charge in [0.1, 0.15) is 0 Å². The van der Waals surface area contributed by atoms with E-state index >= 15 is 0 Å². The third kappa shape index (κ3) is 2.59. The summed E-state index contributed by atoms with van der Waals surface area (Å²) in [4.78, 5) is 0. The normalized spacial score (nSPS) is 38.2. The number of rotatable bonds is 1. The Labute approximate surface area is 87.3 Å². The van der Waals surface area contributed by atoms with Gasteiger partial charge < -0.3 is 0 Å². The van der Waals surface area contributed by atoms with Gasteiger partial charge in [0.05, 0.1) is 0 Å². The van der Waals surface area contributed by atoms with Crippen molar-refractivity contribution in [3.05, 3.63) is 0 Å². The number of hydrogen-bond acceptors (Lipinski definition) is 2. The maximum atomic E-state index is 4.63. The molecule has 72 valence electrons. The molecule has 1 aliphatic carbocycles. The van der Waals surface area contributed by atoms with Gasteiger partial charge in [-0.1, -0.05) is 20.8 Å². The average Bonchev–Trinajstić information content (AvgIpc) is 1.92. The fourth-order valence-electron chi connectivity index (χ4n) is 1.94. The molecule has 0 aromatic heterocycles. The molecule has 0 amide bonds. The third-order valence-electron chi connectivity index (χ3n) is 3.15.